The van der Waals surface area contributed by atoms with Crippen LogP contribution in [0.25, 0.3) is 6.08 Å². The van der Waals surface area contributed by atoms with E-state index in [1.165, 1.54) is 0 Å². The van der Waals surface area contributed by atoms with Crippen LogP contribution >= 0.6 is 0 Å². The van der Waals surface area contributed by atoms with Gasteiger partial charge in [-0.05, 0) is 43.5 Å². The summed E-state index contributed by atoms with van der Waals surface area (Å²) >= 11 is 0. The summed E-state index contributed by atoms with van der Waals surface area (Å²) in [5, 5.41) is 0. The Morgan fingerprint density at radius 1 is 1.00 bits per heavy atom. The van der Waals surface area contributed by atoms with E-state index in [1.54, 1.807) is 23.1 Å². The first kappa shape index (κ1) is 19.7. The first-order chi connectivity index (χ1) is 13.7. The van der Waals surface area contributed by atoms with E-state index in [9.17, 15) is 9.59 Å². The number of likely N-dealkylation sites (tertiary alicyclic amines) is 1. The van der Waals surface area contributed by atoms with E-state index in [4.69, 9.17) is 9.47 Å². The molecule has 28 heavy (non-hydrogen) atoms. The zero-order valence-corrected chi connectivity index (χ0v) is 16.0. The molecular formula is C23H25NO4. The summed E-state index contributed by atoms with van der Waals surface area (Å²) in [4.78, 5) is 26.7. The Hall–Kier alpha value is -3.08. The number of carbonyl (C=O) groups is 2. The second-order valence-corrected chi connectivity index (χ2v) is 6.64. The van der Waals surface area contributed by atoms with Crippen LogP contribution in [0.3, 0.4) is 0 Å². The molecule has 0 radical (unpaired) electrons. The van der Waals surface area contributed by atoms with Crippen molar-refractivity contribution in [3.05, 3.63) is 66.2 Å². The van der Waals surface area contributed by atoms with Crippen LogP contribution in [-0.2, 0) is 9.59 Å². The standard InChI is InChI=1S/C23H25NO4/c1-2-27-20-10-6-7-11-21(20)28-23(26)19-14-16-24(17-15-19)22(25)13-12-18-8-4-3-5-9-18/h3-13,19H,2,14-17H2,1H3/b13-12+. The molecule has 1 saturated heterocycles. The monoisotopic (exact) mass is 379 g/mol. The van der Waals surface area contributed by atoms with Crippen molar-refractivity contribution >= 4 is 18.0 Å². The molecule has 1 aliphatic heterocycles. The van der Waals surface area contributed by atoms with Crippen molar-refractivity contribution in [3.8, 4) is 11.5 Å². The van der Waals surface area contributed by atoms with Gasteiger partial charge in [-0.15, -0.1) is 0 Å². The van der Waals surface area contributed by atoms with E-state index in [0.717, 1.165) is 5.56 Å². The first-order valence-corrected chi connectivity index (χ1v) is 9.63. The molecule has 1 fully saturated rings. The fraction of sp³-hybridized carbons (Fsp3) is 0.304. The molecule has 1 amide bonds. The van der Waals surface area contributed by atoms with Gasteiger partial charge in [0.1, 0.15) is 0 Å². The van der Waals surface area contributed by atoms with Crippen molar-refractivity contribution in [2.75, 3.05) is 19.7 Å². The van der Waals surface area contributed by atoms with Crippen LogP contribution in [0.5, 0.6) is 11.5 Å². The molecule has 0 atom stereocenters. The smallest absolute Gasteiger partial charge is 0.314 e. The molecule has 1 heterocycles. The van der Waals surface area contributed by atoms with E-state index in [-0.39, 0.29) is 17.8 Å². The molecule has 5 nitrogen and oxygen atoms in total. The van der Waals surface area contributed by atoms with E-state index in [2.05, 4.69) is 0 Å². The molecule has 1 aliphatic rings. The maximum absolute atomic E-state index is 12.5. The van der Waals surface area contributed by atoms with Gasteiger partial charge in [-0.3, -0.25) is 9.59 Å². The number of carbonyl (C=O) groups excluding carboxylic acids is 2. The van der Waals surface area contributed by atoms with Gasteiger partial charge in [-0.25, -0.2) is 0 Å². The van der Waals surface area contributed by atoms with E-state index in [0.29, 0.717) is 44.0 Å². The quantitative estimate of drug-likeness (QED) is 0.433. The zero-order chi connectivity index (χ0) is 19.8. The Balaban J connectivity index is 1.51. The Morgan fingerprint density at radius 2 is 1.64 bits per heavy atom. The highest BCUT2D eigenvalue weighted by molar-refractivity contribution is 5.92. The van der Waals surface area contributed by atoms with E-state index < -0.39 is 0 Å². The van der Waals surface area contributed by atoms with Gasteiger partial charge >= 0.3 is 5.97 Å². The minimum Gasteiger partial charge on any atom is -0.490 e. The van der Waals surface area contributed by atoms with E-state index >= 15 is 0 Å². The number of para-hydroxylation sites is 2. The molecule has 0 aliphatic carbocycles. The number of piperidine rings is 1. The van der Waals surface area contributed by atoms with E-state index in [1.807, 2.05) is 55.5 Å². The molecule has 2 aromatic carbocycles. The van der Waals surface area contributed by atoms with Gasteiger partial charge in [-0.2, -0.15) is 0 Å². The number of ether oxygens (including phenoxy) is 2. The lowest BCUT2D eigenvalue weighted by atomic mass is 9.97. The number of nitrogens with zero attached hydrogens (tertiary/aromatic N) is 1. The number of benzene rings is 2. The third-order valence-corrected chi connectivity index (χ3v) is 4.72. The number of hydrogen-bond acceptors (Lipinski definition) is 4. The molecule has 5 heteroatoms. The zero-order valence-electron chi connectivity index (χ0n) is 16.0. The second kappa shape index (κ2) is 9.74. The lowest BCUT2D eigenvalue weighted by molar-refractivity contribution is -0.142. The van der Waals surface area contributed by atoms with Crippen molar-refractivity contribution < 1.29 is 19.1 Å². The average molecular weight is 379 g/mol. The molecule has 0 aromatic heterocycles. The molecule has 0 spiro atoms. The highest BCUT2D eigenvalue weighted by Crippen LogP contribution is 2.28. The Kier molecular flexibility index (Phi) is 6.84. The Labute approximate surface area is 165 Å². The van der Waals surface area contributed by atoms with Crippen LogP contribution in [0, 0.1) is 5.92 Å². The Bertz CT molecular complexity index is 824. The number of hydrogen-bond donors (Lipinski definition) is 0. The van der Waals surface area contributed by atoms with Gasteiger partial charge < -0.3 is 14.4 Å². The predicted molar refractivity (Wildman–Crippen MR) is 108 cm³/mol. The third kappa shape index (κ3) is 5.22. The third-order valence-electron chi connectivity index (χ3n) is 4.72. The van der Waals surface area contributed by atoms with Crippen LogP contribution < -0.4 is 9.47 Å². The highest BCUT2D eigenvalue weighted by Gasteiger charge is 2.28. The summed E-state index contributed by atoms with van der Waals surface area (Å²) < 4.78 is 11.1. The molecular weight excluding hydrogens is 354 g/mol. The predicted octanol–water partition coefficient (Wildman–Crippen LogP) is 3.94. The normalized spacial score (nSPS) is 14.8. The SMILES string of the molecule is CCOc1ccccc1OC(=O)C1CCN(C(=O)/C=C/c2ccccc2)CC1. The molecule has 146 valence electrons. The van der Waals surface area contributed by atoms with Crippen molar-refractivity contribution in [2.24, 2.45) is 5.92 Å². The van der Waals surface area contributed by atoms with Gasteiger partial charge in [-0.1, -0.05) is 42.5 Å². The summed E-state index contributed by atoms with van der Waals surface area (Å²) in [7, 11) is 0. The molecule has 0 N–H and O–H groups in total. The van der Waals surface area contributed by atoms with Crippen LogP contribution in [0.15, 0.2) is 60.7 Å². The van der Waals surface area contributed by atoms with Crippen molar-refractivity contribution in [1.29, 1.82) is 0 Å². The lowest BCUT2D eigenvalue weighted by Gasteiger charge is -2.30. The number of amides is 1. The van der Waals surface area contributed by atoms with Gasteiger partial charge in [0.05, 0.1) is 12.5 Å². The molecule has 0 saturated carbocycles. The van der Waals surface area contributed by atoms with Crippen molar-refractivity contribution in [2.45, 2.75) is 19.8 Å². The summed E-state index contributed by atoms with van der Waals surface area (Å²) in [5.74, 6) is 0.504. The Morgan fingerprint density at radius 3 is 2.32 bits per heavy atom. The van der Waals surface area contributed by atoms with Crippen LogP contribution in [0.1, 0.15) is 25.3 Å². The topological polar surface area (TPSA) is 55.8 Å². The fourth-order valence-electron chi connectivity index (χ4n) is 3.17. The van der Waals surface area contributed by atoms with Gasteiger partial charge in [0, 0.05) is 19.2 Å². The van der Waals surface area contributed by atoms with Gasteiger partial charge in [0.2, 0.25) is 5.91 Å². The maximum atomic E-state index is 12.5. The van der Waals surface area contributed by atoms with Crippen LogP contribution in [-0.4, -0.2) is 36.5 Å². The summed E-state index contributed by atoms with van der Waals surface area (Å²) in [6, 6.07) is 16.9. The van der Waals surface area contributed by atoms with Gasteiger partial charge in [0.15, 0.2) is 11.5 Å². The molecule has 2 aromatic rings. The number of esters is 1. The minimum absolute atomic E-state index is 0.0302. The number of rotatable bonds is 6. The summed E-state index contributed by atoms with van der Waals surface area (Å²) in [6.45, 7) is 3.48. The molecule has 3 rings (SSSR count). The first-order valence-electron chi connectivity index (χ1n) is 9.63. The van der Waals surface area contributed by atoms with Crippen LogP contribution in [0.2, 0.25) is 0 Å². The summed E-state index contributed by atoms with van der Waals surface area (Å²) in [6.07, 6.45) is 4.60. The van der Waals surface area contributed by atoms with Crippen molar-refractivity contribution in [3.63, 3.8) is 0 Å². The minimum atomic E-state index is -0.265. The van der Waals surface area contributed by atoms with Crippen LogP contribution in [0.4, 0.5) is 0 Å². The lowest BCUT2D eigenvalue weighted by Crippen LogP contribution is -2.40. The highest BCUT2D eigenvalue weighted by atomic mass is 16.6. The van der Waals surface area contributed by atoms with Crippen molar-refractivity contribution in [1.82, 2.24) is 4.90 Å². The second-order valence-electron chi connectivity index (χ2n) is 6.64. The summed E-state index contributed by atoms with van der Waals surface area (Å²) in [5.41, 5.74) is 0.988. The fourth-order valence-corrected chi connectivity index (χ4v) is 3.17. The average Bonchev–Trinajstić information content (AvgIpc) is 2.74. The van der Waals surface area contributed by atoms with Gasteiger partial charge in [0.25, 0.3) is 0 Å². The maximum Gasteiger partial charge on any atom is 0.314 e. The largest absolute Gasteiger partial charge is 0.490 e. The molecule has 0 unspecified atom stereocenters. The molecule has 0 bridgehead atoms.